The highest BCUT2D eigenvalue weighted by molar-refractivity contribution is 6.30. The Hall–Kier alpha value is -2.00. The van der Waals surface area contributed by atoms with Gasteiger partial charge in [-0.05, 0) is 42.8 Å². The minimum Gasteiger partial charge on any atom is -0.381 e. The normalized spacial score (nSPS) is 10.9. The van der Waals surface area contributed by atoms with Crippen LogP contribution in [0.15, 0.2) is 42.5 Å². The number of hydrogen-bond acceptors (Lipinski definition) is 2. The van der Waals surface area contributed by atoms with Crippen molar-refractivity contribution in [3.8, 4) is 0 Å². The fourth-order valence-electron chi connectivity index (χ4n) is 2.25. The van der Waals surface area contributed by atoms with Crippen LogP contribution in [0.25, 0.3) is 10.9 Å². The second kappa shape index (κ2) is 5.17. The first kappa shape index (κ1) is 13.0. The molecule has 0 aliphatic carbocycles. The second-order valence-electron chi connectivity index (χ2n) is 4.92. The van der Waals surface area contributed by atoms with Crippen molar-refractivity contribution in [2.75, 3.05) is 5.32 Å². The van der Waals surface area contributed by atoms with Gasteiger partial charge in [0.1, 0.15) is 0 Å². The number of halogens is 1. The number of anilines is 1. The summed E-state index contributed by atoms with van der Waals surface area (Å²) in [6.45, 7) is 2.85. The molecule has 102 valence electrons. The number of nitrogens with zero attached hydrogens (tertiary/aromatic N) is 2. The van der Waals surface area contributed by atoms with Crippen LogP contribution >= 0.6 is 11.6 Å². The first-order valence-electron chi connectivity index (χ1n) is 6.55. The Morgan fingerprint density at radius 1 is 1.15 bits per heavy atom. The largest absolute Gasteiger partial charge is 0.381 e. The maximum absolute atomic E-state index is 5.88. The van der Waals surface area contributed by atoms with E-state index in [1.807, 2.05) is 36.0 Å². The lowest BCUT2D eigenvalue weighted by molar-refractivity contribution is 0.751. The first-order chi connectivity index (χ1) is 9.63. The van der Waals surface area contributed by atoms with E-state index in [1.54, 1.807) is 0 Å². The molecule has 1 aromatic heterocycles. The fourth-order valence-corrected chi connectivity index (χ4v) is 2.37. The molecule has 20 heavy (non-hydrogen) atoms. The molecule has 0 aliphatic heterocycles. The number of rotatable bonds is 3. The van der Waals surface area contributed by atoms with E-state index < -0.39 is 0 Å². The van der Waals surface area contributed by atoms with Gasteiger partial charge >= 0.3 is 0 Å². The van der Waals surface area contributed by atoms with Gasteiger partial charge < -0.3 is 5.32 Å². The van der Waals surface area contributed by atoms with E-state index in [4.69, 9.17) is 11.6 Å². The van der Waals surface area contributed by atoms with Crippen molar-refractivity contribution in [1.29, 1.82) is 0 Å². The van der Waals surface area contributed by atoms with E-state index in [9.17, 15) is 0 Å². The van der Waals surface area contributed by atoms with Gasteiger partial charge in [-0.2, -0.15) is 5.10 Å². The number of hydrogen-bond donors (Lipinski definition) is 1. The zero-order chi connectivity index (χ0) is 14.1. The lowest BCUT2D eigenvalue weighted by atomic mass is 10.2. The minimum atomic E-state index is 0.763. The maximum atomic E-state index is 5.88. The van der Waals surface area contributed by atoms with Crippen molar-refractivity contribution in [3.05, 3.63) is 58.7 Å². The molecule has 0 amide bonds. The Labute approximate surface area is 123 Å². The Kier molecular flexibility index (Phi) is 3.36. The average molecular weight is 286 g/mol. The highest BCUT2D eigenvalue weighted by Gasteiger charge is 2.05. The van der Waals surface area contributed by atoms with Crippen molar-refractivity contribution in [2.45, 2.75) is 13.5 Å². The molecule has 3 rings (SSSR count). The zero-order valence-corrected chi connectivity index (χ0v) is 12.3. The smallest absolute Gasteiger partial charge is 0.0946 e. The van der Waals surface area contributed by atoms with Gasteiger partial charge in [-0.25, -0.2) is 0 Å². The van der Waals surface area contributed by atoms with Crippen molar-refractivity contribution in [1.82, 2.24) is 9.78 Å². The molecule has 1 N–H and O–H groups in total. The van der Waals surface area contributed by atoms with Crippen LogP contribution < -0.4 is 5.32 Å². The van der Waals surface area contributed by atoms with Crippen LogP contribution in [0, 0.1) is 6.92 Å². The zero-order valence-electron chi connectivity index (χ0n) is 11.5. The second-order valence-corrected chi connectivity index (χ2v) is 5.36. The lowest BCUT2D eigenvalue weighted by Crippen LogP contribution is -1.98. The van der Waals surface area contributed by atoms with Gasteiger partial charge in [0.15, 0.2) is 0 Å². The van der Waals surface area contributed by atoms with Gasteiger partial charge in [0.2, 0.25) is 0 Å². The summed E-state index contributed by atoms with van der Waals surface area (Å²) in [4.78, 5) is 0. The maximum Gasteiger partial charge on any atom is 0.0946 e. The monoisotopic (exact) mass is 285 g/mol. The number of fused-ring (bicyclic) bond motifs is 1. The molecule has 0 spiro atoms. The average Bonchev–Trinajstić information content (AvgIpc) is 2.73. The van der Waals surface area contributed by atoms with Crippen LogP contribution in [-0.4, -0.2) is 9.78 Å². The molecular formula is C16H16ClN3. The van der Waals surface area contributed by atoms with Gasteiger partial charge in [0, 0.05) is 35.4 Å². The molecule has 3 nitrogen and oxygen atoms in total. The van der Waals surface area contributed by atoms with E-state index in [0.29, 0.717) is 0 Å². The molecule has 0 atom stereocenters. The van der Waals surface area contributed by atoms with E-state index >= 15 is 0 Å². The quantitative estimate of drug-likeness (QED) is 0.783. The lowest BCUT2D eigenvalue weighted by Gasteiger charge is -2.06. The first-order valence-corrected chi connectivity index (χ1v) is 6.93. The van der Waals surface area contributed by atoms with Gasteiger partial charge in [0.25, 0.3) is 0 Å². The number of aryl methyl sites for hydroxylation is 2. The molecule has 0 radical (unpaired) electrons. The van der Waals surface area contributed by atoms with Gasteiger partial charge in [0.05, 0.1) is 5.52 Å². The summed E-state index contributed by atoms with van der Waals surface area (Å²) in [7, 11) is 1.97. The number of benzene rings is 2. The van der Waals surface area contributed by atoms with Gasteiger partial charge in [-0.1, -0.05) is 23.7 Å². The van der Waals surface area contributed by atoms with Crippen LogP contribution in [-0.2, 0) is 13.6 Å². The highest BCUT2D eigenvalue weighted by atomic mass is 35.5. The van der Waals surface area contributed by atoms with E-state index in [-0.39, 0.29) is 0 Å². The van der Waals surface area contributed by atoms with E-state index in [1.165, 1.54) is 16.6 Å². The summed E-state index contributed by atoms with van der Waals surface area (Å²) in [5.41, 5.74) is 4.48. The van der Waals surface area contributed by atoms with Crippen LogP contribution in [0.3, 0.4) is 0 Å². The SMILES string of the molecule is Cc1c2ccc(NCc3ccc(Cl)cc3)cc2nn1C. The molecule has 0 bridgehead atoms. The van der Waals surface area contributed by atoms with Crippen molar-refractivity contribution in [2.24, 2.45) is 7.05 Å². The number of nitrogens with one attached hydrogen (secondary N) is 1. The summed E-state index contributed by atoms with van der Waals surface area (Å²) in [5.74, 6) is 0. The minimum absolute atomic E-state index is 0.763. The third-order valence-corrected chi connectivity index (χ3v) is 3.79. The molecule has 0 saturated heterocycles. The van der Waals surface area contributed by atoms with Crippen LogP contribution in [0.5, 0.6) is 0 Å². The summed E-state index contributed by atoms with van der Waals surface area (Å²) < 4.78 is 1.91. The van der Waals surface area contributed by atoms with Gasteiger partial charge in [-0.15, -0.1) is 0 Å². The van der Waals surface area contributed by atoms with Crippen LogP contribution in [0.2, 0.25) is 5.02 Å². The third kappa shape index (κ3) is 2.49. The molecule has 0 fully saturated rings. The predicted octanol–water partition coefficient (Wildman–Crippen LogP) is 4.15. The Morgan fingerprint density at radius 2 is 1.90 bits per heavy atom. The summed E-state index contributed by atoms with van der Waals surface area (Å²) in [6, 6.07) is 14.2. The van der Waals surface area contributed by atoms with E-state index in [2.05, 4.69) is 35.5 Å². The molecule has 4 heteroatoms. The van der Waals surface area contributed by atoms with Crippen LogP contribution in [0.1, 0.15) is 11.3 Å². The summed E-state index contributed by atoms with van der Waals surface area (Å²) >= 11 is 5.88. The summed E-state index contributed by atoms with van der Waals surface area (Å²) in [6.07, 6.45) is 0. The number of aromatic nitrogens is 2. The molecule has 0 aliphatic rings. The van der Waals surface area contributed by atoms with Gasteiger partial charge in [-0.3, -0.25) is 4.68 Å². The predicted molar refractivity (Wildman–Crippen MR) is 84.2 cm³/mol. The molecule has 3 aromatic rings. The van der Waals surface area contributed by atoms with Crippen molar-refractivity contribution >= 4 is 28.2 Å². The third-order valence-electron chi connectivity index (χ3n) is 3.54. The fraction of sp³-hybridized carbons (Fsp3) is 0.188. The Bertz CT molecular complexity index is 744. The molecule has 0 unspecified atom stereocenters. The topological polar surface area (TPSA) is 29.9 Å². The Morgan fingerprint density at radius 3 is 2.65 bits per heavy atom. The van der Waals surface area contributed by atoms with Crippen molar-refractivity contribution < 1.29 is 0 Å². The van der Waals surface area contributed by atoms with E-state index in [0.717, 1.165) is 22.8 Å². The summed E-state index contributed by atoms with van der Waals surface area (Å²) in [5, 5.41) is 9.87. The molecular weight excluding hydrogens is 270 g/mol. The Balaban J connectivity index is 1.79. The van der Waals surface area contributed by atoms with Crippen molar-refractivity contribution in [3.63, 3.8) is 0 Å². The highest BCUT2D eigenvalue weighted by Crippen LogP contribution is 2.21. The molecule has 2 aromatic carbocycles. The standard InChI is InChI=1S/C16H16ClN3/c1-11-15-8-7-14(9-16(15)19-20(11)2)18-10-12-3-5-13(17)6-4-12/h3-9,18H,10H2,1-2H3. The van der Waals surface area contributed by atoms with Crippen LogP contribution in [0.4, 0.5) is 5.69 Å². The molecule has 0 saturated carbocycles. The molecule has 1 heterocycles.